The number of hydrogen-bond acceptors (Lipinski definition) is 7. The Morgan fingerprint density at radius 1 is 1.03 bits per heavy atom. The summed E-state index contributed by atoms with van der Waals surface area (Å²) >= 11 is 0. The van der Waals surface area contributed by atoms with Crippen molar-refractivity contribution in [3.05, 3.63) is 78.9 Å². The molecule has 2 aromatic heterocycles. The predicted molar refractivity (Wildman–Crippen MR) is 108 cm³/mol. The van der Waals surface area contributed by atoms with Crippen LogP contribution >= 0.6 is 0 Å². The molecule has 9 heteroatoms. The quantitative estimate of drug-likeness (QED) is 0.495. The molecule has 2 aromatic carbocycles. The Kier molecular flexibility index (Phi) is 5.05. The van der Waals surface area contributed by atoms with Crippen molar-refractivity contribution in [2.24, 2.45) is 0 Å². The average molecular weight is 410 g/mol. The van der Waals surface area contributed by atoms with Gasteiger partial charge in [0.2, 0.25) is 11.7 Å². The highest BCUT2D eigenvalue weighted by atomic mass is 32.2. The lowest BCUT2D eigenvalue weighted by molar-refractivity contribution is 0.382. The van der Waals surface area contributed by atoms with Crippen molar-refractivity contribution in [2.75, 3.05) is 16.7 Å². The third-order valence-corrected chi connectivity index (χ3v) is 6.05. The first-order chi connectivity index (χ1) is 14.0. The molecule has 0 amide bonds. The molecule has 29 heavy (non-hydrogen) atoms. The van der Waals surface area contributed by atoms with E-state index < -0.39 is 10.0 Å². The van der Waals surface area contributed by atoms with Gasteiger partial charge in [-0.15, -0.1) is 0 Å². The van der Waals surface area contributed by atoms with Crippen LogP contribution in [-0.4, -0.2) is 25.6 Å². The summed E-state index contributed by atoms with van der Waals surface area (Å²) in [5.41, 5.74) is 1.20. The lowest BCUT2D eigenvalue weighted by atomic mass is 10.3. The van der Waals surface area contributed by atoms with E-state index in [1.807, 2.05) is 6.07 Å². The van der Waals surface area contributed by atoms with E-state index in [4.69, 9.17) is 8.94 Å². The van der Waals surface area contributed by atoms with E-state index in [9.17, 15) is 8.42 Å². The van der Waals surface area contributed by atoms with Gasteiger partial charge in [-0.3, -0.25) is 4.31 Å². The van der Waals surface area contributed by atoms with E-state index >= 15 is 0 Å². The molecular formula is C20H18N4O4S. The Morgan fingerprint density at radius 3 is 2.62 bits per heavy atom. The number of aromatic nitrogens is 2. The molecule has 1 N–H and O–H groups in total. The van der Waals surface area contributed by atoms with Crippen LogP contribution in [0.15, 0.2) is 86.8 Å². The second-order valence-electron chi connectivity index (χ2n) is 6.18. The topological polar surface area (TPSA) is 101 Å². The van der Waals surface area contributed by atoms with Crippen LogP contribution in [0.4, 0.5) is 11.4 Å². The van der Waals surface area contributed by atoms with Gasteiger partial charge in [0, 0.05) is 12.7 Å². The third-order valence-electron chi connectivity index (χ3n) is 4.27. The van der Waals surface area contributed by atoms with Gasteiger partial charge in [-0.1, -0.05) is 29.4 Å². The lowest BCUT2D eigenvalue weighted by Crippen LogP contribution is -2.26. The van der Waals surface area contributed by atoms with E-state index in [1.54, 1.807) is 60.7 Å². The van der Waals surface area contributed by atoms with Gasteiger partial charge in [0.05, 0.1) is 23.4 Å². The summed E-state index contributed by atoms with van der Waals surface area (Å²) in [6.45, 7) is 0.242. The number of hydrogen-bond donors (Lipinski definition) is 1. The van der Waals surface area contributed by atoms with Gasteiger partial charge >= 0.3 is 0 Å². The maximum Gasteiger partial charge on any atom is 0.264 e. The number of para-hydroxylation sites is 1. The van der Waals surface area contributed by atoms with Crippen LogP contribution in [0.1, 0.15) is 5.89 Å². The Hall–Kier alpha value is -3.59. The number of sulfonamides is 1. The maximum atomic E-state index is 12.9. The second kappa shape index (κ2) is 7.80. The zero-order valence-electron chi connectivity index (χ0n) is 15.5. The maximum absolute atomic E-state index is 12.9. The van der Waals surface area contributed by atoms with Gasteiger partial charge in [-0.25, -0.2) is 8.42 Å². The summed E-state index contributed by atoms with van der Waals surface area (Å²) in [4.78, 5) is 4.42. The Labute approximate surface area is 167 Å². The first-order valence-electron chi connectivity index (χ1n) is 8.78. The summed E-state index contributed by atoms with van der Waals surface area (Å²) in [7, 11) is -2.17. The van der Waals surface area contributed by atoms with Gasteiger partial charge in [0.1, 0.15) is 0 Å². The zero-order chi connectivity index (χ0) is 20.3. The number of nitrogens with zero attached hydrogens (tertiary/aromatic N) is 3. The number of benzene rings is 2. The van der Waals surface area contributed by atoms with E-state index in [-0.39, 0.29) is 11.4 Å². The SMILES string of the molecule is CN(c1ccccc1)S(=O)(=O)c1cccc(NCc2nc(-c3ccco3)no2)c1. The molecule has 0 fully saturated rings. The fourth-order valence-corrected chi connectivity index (χ4v) is 3.95. The molecule has 148 valence electrons. The Bertz CT molecular complexity index is 1190. The molecular weight excluding hydrogens is 392 g/mol. The highest BCUT2D eigenvalue weighted by Gasteiger charge is 2.21. The van der Waals surface area contributed by atoms with Crippen LogP contribution in [0.5, 0.6) is 0 Å². The normalized spacial score (nSPS) is 11.3. The smallest absolute Gasteiger partial charge is 0.264 e. The molecule has 4 aromatic rings. The summed E-state index contributed by atoms with van der Waals surface area (Å²) in [5, 5.41) is 6.96. The molecule has 2 heterocycles. The minimum atomic E-state index is -3.69. The van der Waals surface area contributed by atoms with E-state index in [2.05, 4.69) is 15.5 Å². The molecule has 0 bridgehead atoms. The summed E-state index contributed by atoms with van der Waals surface area (Å²) in [6, 6.07) is 19.0. The van der Waals surface area contributed by atoms with Crippen molar-refractivity contribution in [1.29, 1.82) is 0 Å². The molecule has 0 spiro atoms. The van der Waals surface area contributed by atoms with Gasteiger partial charge < -0.3 is 14.3 Å². The summed E-state index contributed by atoms with van der Waals surface area (Å²) in [5.74, 6) is 1.22. The first kappa shape index (κ1) is 18.8. The van der Waals surface area contributed by atoms with Crippen molar-refractivity contribution in [3.63, 3.8) is 0 Å². The molecule has 0 atom stereocenters. The van der Waals surface area contributed by atoms with E-state index in [1.165, 1.54) is 17.6 Å². The number of furan rings is 1. The molecule has 0 aliphatic rings. The van der Waals surface area contributed by atoms with Crippen molar-refractivity contribution in [1.82, 2.24) is 10.1 Å². The monoisotopic (exact) mass is 410 g/mol. The molecule has 0 aliphatic carbocycles. The number of rotatable bonds is 7. The number of nitrogens with one attached hydrogen (secondary N) is 1. The van der Waals surface area contributed by atoms with Gasteiger partial charge in [0.25, 0.3) is 10.0 Å². The van der Waals surface area contributed by atoms with E-state index in [0.29, 0.717) is 28.9 Å². The molecule has 0 radical (unpaired) electrons. The lowest BCUT2D eigenvalue weighted by Gasteiger charge is -2.19. The van der Waals surface area contributed by atoms with Gasteiger partial charge in [-0.2, -0.15) is 4.98 Å². The van der Waals surface area contributed by atoms with Gasteiger partial charge in [0.15, 0.2) is 5.76 Å². The van der Waals surface area contributed by atoms with Crippen LogP contribution in [0, 0.1) is 0 Å². The second-order valence-corrected chi connectivity index (χ2v) is 8.15. The molecule has 8 nitrogen and oxygen atoms in total. The molecule has 0 aliphatic heterocycles. The summed E-state index contributed by atoms with van der Waals surface area (Å²) in [6.07, 6.45) is 1.53. The van der Waals surface area contributed by atoms with E-state index in [0.717, 1.165) is 0 Å². The van der Waals surface area contributed by atoms with Crippen molar-refractivity contribution in [2.45, 2.75) is 11.4 Å². The first-order valence-corrected chi connectivity index (χ1v) is 10.2. The van der Waals surface area contributed by atoms with Gasteiger partial charge in [-0.05, 0) is 42.5 Å². The molecule has 4 rings (SSSR count). The van der Waals surface area contributed by atoms with Crippen LogP contribution in [0.25, 0.3) is 11.6 Å². The minimum absolute atomic E-state index is 0.177. The van der Waals surface area contributed by atoms with Crippen LogP contribution in [0.2, 0.25) is 0 Å². The Balaban J connectivity index is 1.49. The third kappa shape index (κ3) is 3.99. The summed E-state index contributed by atoms with van der Waals surface area (Å²) < 4.78 is 37.6. The average Bonchev–Trinajstić information content (AvgIpc) is 3.44. The highest BCUT2D eigenvalue weighted by molar-refractivity contribution is 7.92. The molecule has 0 unspecified atom stereocenters. The van der Waals surface area contributed by atoms with Crippen molar-refractivity contribution < 1.29 is 17.4 Å². The fraction of sp³-hybridized carbons (Fsp3) is 0.100. The predicted octanol–water partition coefficient (Wildman–Crippen LogP) is 3.77. The zero-order valence-corrected chi connectivity index (χ0v) is 16.3. The molecule has 0 saturated heterocycles. The van der Waals surface area contributed by atoms with Crippen LogP contribution < -0.4 is 9.62 Å². The Morgan fingerprint density at radius 2 is 1.86 bits per heavy atom. The van der Waals surface area contributed by atoms with Crippen molar-refractivity contribution in [3.8, 4) is 11.6 Å². The minimum Gasteiger partial charge on any atom is -0.461 e. The van der Waals surface area contributed by atoms with Crippen LogP contribution in [0.3, 0.4) is 0 Å². The fourth-order valence-electron chi connectivity index (χ4n) is 2.71. The van der Waals surface area contributed by atoms with Crippen molar-refractivity contribution >= 4 is 21.4 Å². The number of anilines is 2. The standard InChI is InChI=1S/C20H18N4O4S/c1-24(16-8-3-2-4-9-16)29(25,26)17-10-5-7-15(13-17)21-14-19-22-20(23-28-19)18-11-6-12-27-18/h2-13,21H,14H2,1H3. The largest absolute Gasteiger partial charge is 0.461 e. The van der Waals surface area contributed by atoms with Crippen LogP contribution in [-0.2, 0) is 16.6 Å². The molecule has 0 saturated carbocycles. The highest BCUT2D eigenvalue weighted by Crippen LogP contribution is 2.24.